The van der Waals surface area contributed by atoms with Gasteiger partial charge in [0.1, 0.15) is 5.82 Å². The Kier molecular flexibility index (Phi) is 3.51. The number of nitrogens with one attached hydrogen (secondary N) is 2. The molecule has 0 atom stereocenters. The summed E-state index contributed by atoms with van der Waals surface area (Å²) in [6.45, 7) is 12.6. The maximum atomic E-state index is 4.80. The zero-order valence-electron chi connectivity index (χ0n) is 14.0. The molecule has 0 spiro atoms. The SMILES string of the molecule is CNCC1CCN(c2n[nH]c(C3C(C)(C)C3(C)C)n2)CC1. The second-order valence-electron chi connectivity index (χ2n) is 7.89. The van der Waals surface area contributed by atoms with Gasteiger partial charge in [-0.2, -0.15) is 4.98 Å². The maximum absolute atomic E-state index is 4.80. The topological polar surface area (TPSA) is 56.8 Å². The van der Waals surface area contributed by atoms with E-state index in [1.165, 1.54) is 12.8 Å². The number of hydrogen-bond acceptors (Lipinski definition) is 4. The molecule has 1 aromatic rings. The molecule has 1 saturated carbocycles. The molecule has 1 aliphatic heterocycles. The van der Waals surface area contributed by atoms with Gasteiger partial charge < -0.3 is 10.2 Å². The fraction of sp³-hybridized carbons (Fsp3) is 0.875. The number of H-pyrrole nitrogens is 1. The van der Waals surface area contributed by atoms with Crippen LogP contribution >= 0.6 is 0 Å². The highest BCUT2D eigenvalue weighted by molar-refractivity contribution is 5.34. The minimum Gasteiger partial charge on any atom is -0.340 e. The van der Waals surface area contributed by atoms with Gasteiger partial charge in [0.25, 0.3) is 0 Å². The summed E-state index contributed by atoms with van der Waals surface area (Å²) in [4.78, 5) is 7.13. The summed E-state index contributed by atoms with van der Waals surface area (Å²) < 4.78 is 0. The Bertz CT molecular complexity index is 483. The molecule has 0 aromatic carbocycles. The van der Waals surface area contributed by atoms with Gasteiger partial charge in [-0.3, -0.25) is 5.10 Å². The Labute approximate surface area is 127 Å². The lowest BCUT2D eigenvalue weighted by molar-refractivity contribution is 0.391. The van der Waals surface area contributed by atoms with E-state index in [9.17, 15) is 0 Å². The molecule has 0 bridgehead atoms. The van der Waals surface area contributed by atoms with Crippen LogP contribution in [0.3, 0.4) is 0 Å². The van der Waals surface area contributed by atoms with Crippen molar-refractivity contribution in [3.05, 3.63) is 5.82 Å². The fourth-order valence-electron chi connectivity index (χ4n) is 4.04. The molecule has 1 aromatic heterocycles. The van der Waals surface area contributed by atoms with Crippen LogP contribution < -0.4 is 10.2 Å². The van der Waals surface area contributed by atoms with Gasteiger partial charge in [-0.25, -0.2) is 0 Å². The summed E-state index contributed by atoms with van der Waals surface area (Å²) >= 11 is 0. The molecule has 2 fully saturated rings. The summed E-state index contributed by atoms with van der Waals surface area (Å²) in [6, 6.07) is 0. The summed E-state index contributed by atoms with van der Waals surface area (Å²) in [5, 5.41) is 11.0. The van der Waals surface area contributed by atoms with Crippen molar-refractivity contribution in [1.29, 1.82) is 0 Å². The van der Waals surface area contributed by atoms with Crippen LogP contribution in [0.1, 0.15) is 52.3 Å². The smallest absolute Gasteiger partial charge is 0.244 e. The van der Waals surface area contributed by atoms with E-state index in [0.717, 1.165) is 37.3 Å². The quantitative estimate of drug-likeness (QED) is 0.894. The Morgan fingerprint density at radius 3 is 2.33 bits per heavy atom. The first-order valence-corrected chi connectivity index (χ1v) is 8.19. The average molecular weight is 291 g/mol. The van der Waals surface area contributed by atoms with Crippen molar-refractivity contribution >= 4 is 5.95 Å². The van der Waals surface area contributed by atoms with E-state index in [4.69, 9.17) is 4.98 Å². The van der Waals surface area contributed by atoms with Gasteiger partial charge in [0.2, 0.25) is 5.95 Å². The Morgan fingerprint density at radius 1 is 1.19 bits per heavy atom. The number of rotatable bonds is 4. The highest BCUT2D eigenvalue weighted by Gasteiger charge is 2.66. The summed E-state index contributed by atoms with van der Waals surface area (Å²) in [5.74, 6) is 3.25. The summed E-state index contributed by atoms with van der Waals surface area (Å²) in [7, 11) is 2.03. The van der Waals surface area contributed by atoms with Crippen LogP contribution in [-0.4, -0.2) is 41.9 Å². The lowest BCUT2D eigenvalue weighted by atomic mass is 9.97. The van der Waals surface area contributed by atoms with E-state index in [1.807, 2.05) is 7.05 Å². The molecule has 21 heavy (non-hydrogen) atoms. The van der Waals surface area contributed by atoms with E-state index in [1.54, 1.807) is 0 Å². The molecule has 2 N–H and O–H groups in total. The van der Waals surface area contributed by atoms with Crippen molar-refractivity contribution in [3.63, 3.8) is 0 Å². The largest absolute Gasteiger partial charge is 0.340 e. The number of anilines is 1. The second kappa shape index (κ2) is 4.97. The lowest BCUT2D eigenvalue weighted by Gasteiger charge is -2.30. The molecule has 0 amide bonds. The molecule has 1 aliphatic carbocycles. The number of nitrogens with zero attached hydrogens (tertiary/aromatic N) is 3. The van der Waals surface area contributed by atoms with Crippen LogP contribution in [0.4, 0.5) is 5.95 Å². The van der Waals surface area contributed by atoms with Crippen LogP contribution in [0.5, 0.6) is 0 Å². The van der Waals surface area contributed by atoms with Gasteiger partial charge in [-0.05, 0) is 43.2 Å². The van der Waals surface area contributed by atoms with Crippen LogP contribution in [0, 0.1) is 16.7 Å². The standard InChI is InChI=1S/C16H29N5/c1-15(2)12(16(15,3)4)13-18-14(20-19-13)21-8-6-11(7-9-21)10-17-5/h11-12,17H,6-10H2,1-5H3,(H,18,19,20). The predicted octanol–water partition coefficient (Wildman–Crippen LogP) is 2.39. The van der Waals surface area contributed by atoms with Gasteiger partial charge in [-0.1, -0.05) is 27.7 Å². The predicted molar refractivity (Wildman–Crippen MR) is 85.5 cm³/mol. The van der Waals surface area contributed by atoms with Crippen LogP contribution in [-0.2, 0) is 0 Å². The van der Waals surface area contributed by atoms with E-state index < -0.39 is 0 Å². The number of piperidine rings is 1. The van der Waals surface area contributed by atoms with Crippen molar-refractivity contribution < 1.29 is 0 Å². The van der Waals surface area contributed by atoms with Crippen molar-refractivity contribution in [2.75, 3.05) is 31.6 Å². The van der Waals surface area contributed by atoms with Crippen molar-refractivity contribution in [2.45, 2.75) is 46.5 Å². The first-order chi connectivity index (χ1) is 9.88. The summed E-state index contributed by atoms with van der Waals surface area (Å²) in [5.41, 5.74) is 0.618. The lowest BCUT2D eigenvalue weighted by Crippen LogP contribution is -2.37. The third-order valence-corrected chi connectivity index (χ3v) is 6.18. The monoisotopic (exact) mass is 291 g/mol. The van der Waals surface area contributed by atoms with E-state index in [0.29, 0.717) is 16.7 Å². The summed E-state index contributed by atoms with van der Waals surface area (Å²) in [6.07, 6.45) is 2.45. The van der Waals surface area contributed by atoms with Gasteiger partial charge in [0.15, 0.2) is 0 Å². The molecular formula is C16H29N5. The highest BCUT2D eigenvalue weighted by Crippen LogP contribution is 2.72. The van der Waals surface area contributed by atoms with Crippen LogP contribution in [0.15, 0.2) is 0 Å². The van der Waals surface area contributed by atoms with Gasteiger partial charge >= 0.3 is 0 Å². The third-order valence-electron chi connectivity index (χ3n) is 6.18. The molecule has 0 radical (unpaired) electrons. The number of hydrogen-bond donors (Lipinski definition) is 2. The van der Waals surface area contributed by atoms with E-state index in [-0.39, 0.29) is 0 Å². The first kappa shape index (κ1) is 14.8. The maximum Gasteiger partial charge on any atom is 0.244 e. The Hall–Kier alpha value is -1.10. The minimum absolute atomic E-state index is 0.309. The average Bonchev–Trinajstić information content (AvgIpc) is 2.79. The van der Waals surface area contributed by atoms with Gasteiger partial charge in [0, 0.05) is 19.0 Å². The molecular weight excluding hydrogens is 262 g/mol. The van der Waals surface area contributed by atoms with Crippen LogP contribution in [0.2, 0.25) is 0 Å². The van der Waals surface area contributed by atoms with E-state index in [2.05, 4.69) is 48.1 Å². The molecule has 2 heterocycles. The molecule has 3 rings (SSSR count). The zero-order chi connectivity index (χ0) is 15.3. The highest BCUT2D eigenvalue weighted by atomic mass is 15.4. The van der Waals surface area contributed by atoms with Crippen molar-refractivity contribution in [2.24, 2.45) is 16.7 Å². The molecule has 0 unspecified atom stereocenters. The Balaban J connectivity index is 1.65. The molecule has 118 valence electrons. The Morgan fingerprint density at radius 2 is 1.81 bits per heavy atom. The number of aromatic nitrogens is 3. The van der Waals surface area contributed by atoms with Crippen molar-refractivity contribution in [3.8, 4) is 0 Å². The second-order valence-corrected chi connectivity index (χ2v) is 7.89. The fourth-order valence-corrected chi connectivity index (χ4v) is 4.04. The van der Waals surface area contributed by atoms with Gasteiger partial charge in [-0.15, -0.1) is 5.10 Å². The van der Waals surface area contributed by atoms with Crippen molar-refractivity contribution in [1.82, 2.24) is 20.5 Å². The molecule has 5 nitrogen and oxygen atoms in total. The first-order valence-electron chi connectivity index (χ1n) is 8.19. The molecule has 5 heteroatoms. The van der Waals surface area contributed by atoms with Gasteiger partial charge in [0.05, 0.1) is 0 Å². The minimum atomic E-state index is 0.309. The van der Waals surface area contributed by atoms with Crippen LogP contribution in [0.25, 0.3) is 0 Å². The third kappa shape index (κ3) is 2.35. The molecule has 2 aliphatic rings. The normalized spacial score (nSPS) is 25.3. The molecule has 1 saturated heterocycles. The number of aromatic amines is 1. The van der Waals surface area contributed by atoms with E-state index >= 15 is 0 Å². The zero-order valence-corrected chi connectivity index (χ0v) is 14.0.